The van der Waals surface area contributed by atoms with E-state index in [1.54, 1.807) is 24.0 Å². The van der Waals surface area contributed by atoms with Gasteiger partial charge in [0.2, 0.25) is 10.0 Å². The Balaban J connectivity index is 1.74. The van der Waals surface area contributed by atoms with Gasteiger partial charge >= 0.3 is 0 Å². The summed E-state index contributed by atoms with van der Waals surface area (Å²) < 4.78 is 27.9. The molecule has 1 heterocycles. The van der Waals surface area contributed by atoms with Gasteiger partial charge in [0.25, 0.3) is 5.91 Å². The van der Waals surface area contributed by atoms with E-state index in [4.69, 9.17) is 0 Å². The fraction of sp³-hybridized carbons (Fsp3) is 0.278. The number of rotatable bonds is 3. The maximum Gasteiger partial charge on any atom is 0.253 e. The monoisotopic (exact) mass is 486 g/mol. The molecule has 0 spiro atoms. The highest BCUT2D eigenvalue weighted by Crippen LogP contribution is 2.27. The van der Waals surface area contributed by atoms with E-state index >= 15 is 0 Å². The van der Waals surface area contributed by atoms with Gasteiger partial charge in [0.1, 0.15) is 10.6 Å². The van der Waals surface area contributed by atoms with Crippen molar-refractivity contribution >= 4 is 38.5 Å². The van der Waals surface area contributed by atoms with Crippen LogP contribution in [0.25, 0.3) is 0 Å². The number of phenols is 1. The molecule has 6 nitrogen and oxygen atoms in total. The Morgan fingerprint density at radius 2 is 1.77 bits per heavy atom. The molecule has 0 radical (unpaired) electrons. The quantitative estimate of drug-likeness (QED) is 0.677. The Labute approximate surface area is 166 Å². The van der Waals surface area contributed by atoms with E-state index < -0.39 is 10.0 Å². The van der Waals surface area contributed by atoms with Crippen molar-refractivity contribution in [2.75, 3.05) is 26.2 Å². The van der Waals surface area contributed by atoms with Crippen molar-refractivity contribution in [3.63, 3.8) is 0 Å². The van der Waals surface area contributed by atoms with Crippen LogP contribution < -0.4 is 0 Å². The Morgan fingerprint density at radius 1 is 1.08 bits per heavy atom. The lowest BCUT2D eigenvalue weighted by Crippen LogP contribution is -2.50. The van der Waals surface area contributed by atoms with E-state index in [0.29, 0.717) is 18.7 Å². The number of benzene rings is 2. The molecule has 1 saturated heterocycles. The van der Waals surface area contributed by atoms with Gasteiger partial charge in [-0.2, -0.15) is 4.31 Å². The first-order chi connectivity index (χ1) is 12.3. The van der Waals surface area contributed by atoms with Gasteiger partial charge in [0.05, 0.1) is 0 Å². The fourth-order valence-corrected chi connectivity index (χ4v) is 5.04. The van der Waals surface area contributed by atoms with Crippen LogP contribution in [-0.2, 0) is 10.0 Å². The summed E-state index contributed by atoms with van der Waals surface area (Å²) in [4.78, 5) is 14.2. The minimum atomic E-state index is -3.79. The van der Waals surface area contributed by atoms with E-state index in [-0.39, 0.29) is 29.6 Å². The van der Waals surface area contributed by atoms with E-state index in [1.807, 2.05) is 18.2 Å². The summed E-state index contributed by atoms with van der Waals surface area (Å²) in [6.07, 6.45) is 0. The number of piperazine rings is 1. The van der Waals surface area contributed by atoms with Gasteiger partial charge in [0, 0.05) is 35.3 Å². The number of nitrogens with zero attached hydrogens (tertiary/aromatic N) is 2. The lowest BCUT2D eigenvalue weighted by atomic mass is 10.2. The molecule has 0 bridgehead atoms. The second kappa shape index (κ2) is 7.53. The number of halogens is 1. The second-order valence-corrected chi connectivity index (χ2v) is 9.33. The Kier molecular flexibility index (Phi) is 5.54. The van der Waals surface area contributed by atoms with Crippen molar-refractivity contribution < 1.29 is 18.3 Å². The first kappa shape index (κ1) is 19.1. The van der Waals surface area contributed by atoms with Crippen molar-refractivity contribution in [1.29, 1.82) is 0 Å². The number of hydrogen-bond acceptors (Lipinski definition) is 4. The molecule has 138 valence electrons. The van der Waals surface area contributed by atoms with E-state index in [9.17, 15) is 18.3 Å². The molecule has 1 amide bonds. The SMILES string of the molecule is Cc1ccc(O)c(S(=O)(=O)N2CCN(C(=O)c3cccc(I)c3)CC2)c1. The third-order valence-corrected chi connectivity index (χ3v) is 6.93. The number of amides is 1. The van der Waals surface area contributed by atoms with Crippen LogP contribution >= 0.6 is 22.6 Å². The summed E-state index contributed by atoms with van der Waals surface area (Å²) >= 11 is 2.15. The molecule has 1 N–H and O–H groups in total. The van der Waals surface area contributed by atoms with Crippen LogP contribution in [0.4, 0.5) is 0 Å². The maximum absolute atomic E-state index is 12.8. The molecule has 26 heavy (non-hydrogen) atoms. The summed E-state index contributed by atoms with van der Waals surface area (Å²) in [6.45, 7) is 2.80. The van der Waals surface area contributed by atoms with Crippen molar-refractivity contribution in [1.82, 2.24) is 9.21 Å². The summed E-state index contributed by atoms with van der Waals surface area (Å²) in [6, 6.07) is 11.8. The second-order valence-electron chi connectivity index (χ2n) is 6.18. The summed E-state index contributed by atoms with van der Waals surface area (Å²) in [5.74, 6) is -0.355. The third-order valence-electron chi connectivity index (χ3n) is 4.33. The zero-order valence-electron chi connectivity index (χ0n) is 14.2. The molecule has 1 fully saturated rings. The van der Waals surface area contributed by atoms with Crippen LogP contribution in [-0.4, -0.2) is 54.8 Å². The van der Waals surface area contributed by atoms with Gasteiger partial charge in [0.15, 0.2) is 0 Å². The van der Waals surface area contributed by atoms with Gasteiger partial charge < -0.3 is 10.0 Å². The molecular weight excluding hydrogens is 467 g/mol. The highest BCUT2D eigenvalue weighted by Gasteiger charge is 2.32. The van der Waals surface area contributed by atoms with Gasteiger partial charge in [-0.3, -0.25) is 4.79 Å². The van der Waals surface area contributed by atoms with E-state index in [0.717, 1.165) is 9.13 Å². The van der Waals surface area contributed by atoms with Crippen molar-refractivity contribution in [2.45, 2.75) is 11.8 Å². The van der Waals surface area contributed by atoms with Crippen LogP contribution in [0.3, 0.4) is 0 Å². The van der Waals surface area contributed by atoms with Gasteiger partial charge in [-0.1, -0.05) is 12.1 Å². The van der Waals surface area contributed by atoms with Crippen molar-refractivity contribution in [3.8, 4) is 5.75 Å². The molecule has 0 saturated carbocycles. The Hall–Kier alpha value is -1.65. The number of hydrogen-bond donors (Lipinski definition) is 1. The number of aryl methyl sites for hydroxylation is 1. The number of aromatic hydroxyl groups is 1. The number of sulfonamides is 1. The molecule has 0 atom stereocenters. The smallest absolute Gasteiger partial charge is 0.253 e. The van der Waals surface area contributed by atoms with Crippen molar-refractivity contribution in [3.05, 3.63) is 57.2 Å². The molecule has 0 aliphatic carbocycles. The van der Waals surface area contributed by atoms with E-state index in [2.05, 4.69) is 22.6 Å². The molecular formula is C18H19IN2O4S. The Bertz CT molecular complexity index is 938. The molecule has 1 aliphatic rings. The summed E-state index contributed by atoms with van der Waals surface area (Å²) in [7, 11) is -3.79. The molecule has 0 unspecified atom stereocenters. The summed E-state index contributed by atoms with van der Waals surface area (Å²) in [5.41, 5.74) is 1.36. The van der Waals surface area contributed by atoms with Crippen LogP contribution in [0.2, 0.25) is 0 Å². The predicted molar refractivity (Wildman–Crippen MR) is 107 cm³/mol. The molecule has 1 aliphatic heterocycles. The highest BCUT2D eigenvalue weighted by atomic mass is 127. The zero-order valence-corrected chi connectivity index (χ0v) is 17.2. The van der Waals surface area contributed by atoms with Crippen molar-refractivity contribution in [2.24, 2.45) is 0 Å². The zero-order chi connectivity index (χ0) is 18.9. The number of carbonyl (C=O) groups is 1. The van der Waals surface area contributed by atoms with Gasteiger partial charge in [-0.25, -0.2) is 8.42 Å². The Morgan fingerprint density at radius 3 is 2.42 bits per heavy atom. The van der Waals surface area contributed by atoms with Gasteiger partial charge in [-0.05, 0) is 65.4 Å². The standard InChI is InChI=1S/C18H19IN2O4S/c1-13-5-6-16(22)17(11-13)26(24,25)21-9-7-20(8-10-21)18(23)14-3-2-4-15(19)12-14/h2-6,11-12,22H,7-10H2,1H3. The van der Waals surface area contributed by atoms with Crippen LogP contribution in [0.1, 0.15) is 15.9 Å². The first-order valence-corrected chi connectivity index (χ1v) is 10.7. The minimum Gasteiger partial charge on any atom is -0.507 e. The molecule has 3 rings (SSSR count). The maximum atomic E-state index is 12.8. The first-order valence-electron chi connectivity index (χ1n) is 8.13. The van der Waals surface area contributed by atoms with E-state index in [1.165, 1.54) is 16.4 Å². The van der Waals surface area contributed by atoms with Crippen LogP contribution in [0.15, 0.2) is 47.4 Å². The van der Waals surface area contributed by atoms with Gasteiger partial charge in [-0.15, -0.1) is 0 Å². The lowest BCUT2D eigenvalue weighted by molar-refractivity contribution is 0.0697. The molecule has 2 aromatic carbocycles. The topological polar surface area (TPSA) is 77.9 Å². The summed E-state index contributed by atoms with van der Waals surface area (Å²) in [5, 5.41) is 9.95. The molecule has 8 heteroatoms. The normalized spacial score (nSPS) is 15.8. The largest absolute Gasteiger partial charge is 0.507 e. The molecule has 0 aromatic heterocycles. The molecule has 2 aromatic rings. The fourth-order valence-electron chi connectivity index (χ4n) is 2.90. The highest BCUT2D eigenvalue weighted by molar-refractivity contribution is 14.1. The average Bonchev–Trinajstić information content (AvgIpc) is 2.63. The predicted octanol–water partition coefficient (Wildman–Crippen LogP) is 2.45. The van der Waals surface area contributed by atoms with Crippen LogP contribution in [0.5, 0.6) is 5.75 Å². The average molecular weight is 486 g/mol. The third kappa shape index (κ3) is 3.86. The minimum absolute atomic E-state index is 0.0881. The number of carbonyl (C=O) groups excluding carboxylic acids is 1. The van der Waals surface area contributed by atoms with Crippen LogP contribution in [0, 0.1) is 10.5 Å². The lowest BCUT2D eigenvalue weighted by Gasteiger charge is -2.34. The number of phenolic OH excluding ortho intramolecular Hbond substituents is 1.